The quantitative estimate of drug-likeness (QED) is 0.576. The van der Waals surface area contributed by atoms with Crippen molar-refractivity contribution in [2.24, 2.45) is 0 Å². The summed E-state index contributed by atoms with van der Waals surface area (Å²) < 4.78 is 7.72. The lowest BCUT2D eigenvalue weighted by atomic mass is 10.0. The molecule has 0 saturated carbocycles. The molecule has 3 aliphatic heterocycles. The van der Waals surface area contributed by atoms with Gasteiger partial charge in [0.05, 0.1) is 18.5 Å². The molecule has 2 unspecified atom stereocenters. The smallest absolute Gasteiger partial charge is 0.218 e. The van der Waals surface area contributed by atoms with E-state index < -0.39 is 0 Å². The number of morpholine rings is 1. The molecule has 0 spiro atoms. The highest BCUT2D eigenvalue weighted by Gasteiger charge is 2.57. The predicted molar refractivity (Wildman–Crippen MR) is 108 cm³/mol. The zero-order valence-electron chi connectivity index (χ0n) is 17.4. The molecule has 5 rings (SSSR count). The molecule has 3 saturated heterocycles. The van der Waals surface area contributed by atoms with Gasteiger partial charge in [0.2, 0.25) is 5.82 Å². The number of rotatable bonds is 6. The number of carbonyl (C=O) groups is 1. The Morgan fingerprint density at radius 1 is 1.34 bits per heavy atom. The molecule has 0 bridgehead atoms. The molecule has 29 heavy (non-hydrogen) atoms. The van der Waals surface area contributed by atoms with Crippen molar-refractivity contribution in [1.82, 2.24) is 29.4 Å². The van der Waals surface area contributed by atoms with Gasteiger partial charge in [0.15, 0.2) is 17.2 Å². The van der Waals surface area contributed by atoms with Crippen LogP contribution in [0.15, 0.2) is 6.20 Å². The van der Waals surface area contributed by atoms with E-state index in [1.165, 1.54) is 6.92 Å². The van der Waals surface area contributed by atoms with Crippen molar-refractivity contribution < 1.29 is 9.53 Å². The van der Waals surface area contributed by atoms with E-state index in [0.717, 1.165) is 57.9 Å². The van der Waals surface area contributed by atoms with E-state index in [4.69, 9.17) is 4.74 Å². The highest BCUT2D eigenvalue weighted by atomic mass is 16.5. The van der Waals surface area contributed by atoms with E-state index in [1.807, 2.05) is 6.20 Å². The summed E-state index contributed by atoms with van der Waals surface area (Å²) in [5.41, 5.74) is 1.68. The minimum atomic E-state index is -0.141. The van der Waals surface area contributed by atoms with Gasteiger partial charge in [-0.3, -0.25) is 14.6 Å². The van der Waals surface area contributed by atoms with Gasteiger partial charge >= 0.3 is 0 Å². The maximum atomic E-state index is 12.0. The predicted octanol–water partition coefficient (Wildman–Crippen LogP) is 1.37. The minimum absolute atomic E-state index is 0.0125. The van der Waals surface area contributed by atoms with Gasteiger partial charge in [0.1, 0.15) is 5.72 Å². The summed E-state index contributed by atoms with van der Waals surface area (Å²) >= 11 is 0. The van der Waals surface area contributed by atoms with Crippen LogP contribution in [0.2, 0.25) is 0 Å². The standard InChI is InChI=1S/C20H29N7O2/c1-13(2)16-10-21-19-18(23-17(14(3)28)24-27(16)19)22-15-4-6-25(7-5-15)11-20-12-26(20)8-9-29-20/h10,13,15H,4-9,11-12H2,1-3H3,(H,22,23,24). The Hall–Kier alpha value is -2.10. The van der Waals surface area contributed by atoms with Gasteiger partial charge in [0, 0.05) is 45.7 Å². The molecule has 0 aliphatic carbocycles. The zero-order valence-corrected chi connectivity index (χ0v) is 17.4. The van der Waals surface area contributed by atoms with Crippen LogP contribution in [0, 0.1) is 0 Å². The second kappa shape index (κ2) is 7.00. The first-order valence-corrected chi connectivity index (χ1v) is 10.6. The summed E-state index contributed by atoms with van der Waals surface area (Å²) in [5, 5.41) is 7.97. The van der Waals surface area contributed by atoms with Gasteiger partial charge in [-0.1, -0.05) is 13.8 Å². The van der Waals surface area contributed by atoms with Crippen LogP contribution < -0.4 is 5.32 Å². The highest BCUT2D eigenvalue weighted by molar-refractivity contribution is 5.90. The number of Topliss-reactive ketones (excluding diaryl/α,β-unsaturated/α-hetero) is 1. The Morgan fingerprint density at radius 3 is 2.76 bits per heavy atom. The number of ether oxygens (including phenoxy) is 1. The number of nitrogens with zero attached hydrogens (tertiary/aromatic N) is 6. The van der Waals surface area contributed by atoms with Crippen LogP contribution in [-0.4, -0.2) is 86.3 Å². The van der Waals surface area contributed by atoms with Crippen molar-refractivity contribution >= 4 is 17.2 Å². The van der Waals surface area contributed by atoms with Gasteiger partial charge in [-0.15, -0.1) is 5.10 Å². The van der Waals surface area contributed by atoms with Gasteiger partial charge in [-0.2, -0.15) is 0 Å². The average Bonchev–Trinajstić information content (AvgIpc) is 3.03. The molecular formula is C20H29N7O2. The molecule has 3 fully saturated rings. The normalized spacial score (nSPS) is 27.5. The number of hydrogen-bond acceptors (Lipinski definition) is 8. The highest BCUT2D eigenvalue weighted by Crippen LogP contribution is 2.39. The SMILES string of the molecule is CC(=O)c1nc(NC2CCN(CC34CN3CCO4)CC2)c2ncc(C(C)C)n2n1. The van der Waals surface area contributed by atoms with Crippen molar-refractivity contribution in [2.75, 3.05) is 44.6 Å². The second-order valence-electron chi connectivity index (χ2n) is 8.82. The largest absolute Gasteiger partial charge is 0.364 e. The van der Waals surface area contributed by atoms with Crippen LogP contribution in [0.3, 0.4) is 0 Å². The van der Waals surface area contributed by atoms with Crippen LogP contribution in [0.4, 0.5) is 5.82 Å². The summed E-state index contributed by atoms with van der Waals surface area (Å²) in [6.07, 6.45) is 3.88. The Bertz CT molecular complexity index is 934. The Morgan fingerprint density at radius 2 is 2.14 bits per heavy atom. The average molecular weight is 399 g/mol. The molecule has 2 aromatic rings. The van der Waals surface area contributed by atoms with E-state index in [9.17, 15) is 4.79 Å². The first-order chi connectivity index (χ1) is 13.9. The number of aromatic nitrogens is 4. The molecule has 0 radical (unpaired) electrons. The minimum Gasteiger partial charge on any atom is -0.364 e. The fraction of sp³-hybridized carbons (Fsp3) is 0.700. The third-order valence-electron chi connectivity index (χ3n) is 6.34. The van der Waals surface area contributed by atoms with E-state index in [2.05, 4.69) is 44.0 Å². The number of ketones is 1. The third-order valence-corrected chi connectivity index (χ3v) is 6.34. The van der Waals surface area contributed by atoms with E-state index >= 15 is 0 Å². The number of likely N-dealkylation sites (tertiary alicyclic amines) is 1. The Kier molecular flexibility index (Phi) is 4.56. The van der Waals surface area contributed by atoms with Crippen LogP contribution in [-0.2, 0) is 4.74 Å². The summed E-state index contributed by atoms with van der Waals surface area (Å²) in [4.78, 5) is 25.9. The molecule has 0 amide bonds. The summed E-state index contributed by atoms with van der Waals surface area (Å²) in [5.74, 6) is 0.998. The first kappa shape index (κ1) is 18.9. The molecule has 5 heterocycles. The molecule has 9 nitrogen and oxygen atoms in total. The zero-order chi connectivity index (χ0) is 20.2. The Labute approximate surface area is 170 Å². The molecule has 9 heteroatoms. The van der Waals surface area contributed by atoms with E-state index in [0.29, 0.717) is 17.5 Å². The first-order valence-electron chi connectivity index (χ1n) is 10.6. The second-order valence-corrected chi connectivity index (χ2v) is 8.82. The number of hydrogen-bond donors (Lipinski definition) is 1. The lowest BCUT2D eigenvalue weighted by molar-refractivity contribution is 0.0219. The molecule has 0 aromatic carbocycles. The number of nitrogens with one attached hydrogen (secondary N) is 1. The summed E-state index contributed by atoms with van der Waals surface area (Å²) in [6.45, 7) is 11.8. The van der Waals surface area contributed by atoms with Crippen molar-refractivity contribution in [2.45, 2.75) is 51.3 Å². The van der Waals surface area contributed by atoms with Crippen molar-refractivity contribution in [3.05, 3.63) is 17.7 Å². The number of piperidine rings is 1. The van der Waals surface area contributed by atoms with Crippen LogP contribution in [0.5, 0.6) is 0 Å². The fourth-order valence-electron chi connectivity index (χ4n) is 4.54. The van der Waals surface area contributed by atoms with Gasteiger partial charge in [-0.25, -0.2) is 14.5 Å². The number of fused-ring (bicyclic) bond motifs is 2. The van der Waals surface area contributed by atoms with E-state index in [-0.39, 0.29) is 23.3 Å². The molecule has 2 aromatic heterocycles. The fourth-order valence-corrected chi connectivity index (χ4v) is 4.54. The number of carbonyl (C=O) groups excluding carboxylic acids is 1. The number of anilines is 1. The molecular weight excluding hydrogens is 370 g/mol. The summed E-state index contributed by atoms with van der Waals surface area (Å²) in [6, 6.07) is 0.307. The molecule has 156 valence electrons. The van der Waals surface area contributed by atoms with Crippen LogP contribution >= 0.6 is 0 Å². The summed E-state index contributed by atoms with van der Waals surface area (Å²) in [7, 11) is 0. The van der Waals surface area contributed by atoms with Crippen LogP contribution in [0.1, 0.15) is 55.8 Å². The molecule has 1 N–H and O–H groups in total. The van der Waals surface area contributed by atoms with Crippen molar-refractivity contribution in [1.29, 1.82) is 0 Å². The Balaban J connectivity index is 1.29. The lowest BCUT2D eigenvalue weighted by Gasteiger charge is -2.34. The molecule has 3 aliphatic rings. The van der Waals surface area contributed by atoms with Gasteiger partial charge in [0.25, 0.3) is 0 Å². The van der Waals surface area contributed by atoms with Crippen molar-refractivity contribution in [3.8, 4) is 0 Å². The molecule has 2 atom stereocenters. The topological polar surface area (TPSA) is 87.7 Å². The van der Waals surface area contributed by atoms with E-state index in [1.54, 1.807) is 4.52 Å². The lowest BCUT2D eigenvalue weighted by Crippen LogP contribution is -2.44. The van der Waals surface area contributed by atoms with Gasteiger partial charge < -0.3 is 10.1 Å². The maximum Gasteiger partial charge on any atom is 0.218 e. The maximum absolute atomic E-state index is 12.0. The van der Waals surface area contributed by atoms with Gasteiger partial charge in [-0.05, 0) is 18.8 Å². The van der Waals surface area contributed by atoms with Crippen molar-refractivity contribution in [3.63, 3.8) is 0 Å². The van der Waals surface area contributed by atoms with Crippen LogP contribution in [0.25, 0.3) is 5.65 Å². The third kappa shape index (κ3) is 3.41. The number of imidazole rings is 1. The monoisotopic (exact) mass is 399 g/mol.